The van der Waals surface area contributed by atoms with Crippen LogP contribution in [0.2, 0.25) is 0 Å². The van der Waals surface area contributed by atoms with Crippen LogP contribution in [0.4, 0.5) is 5.69 Å². The maximum Gasteiger partial charge on any atom is 0.253 e. The fourth-order valence-electron chi connectivity index (χ4n) is 2.33. The summed E-state index contributed by atoms with van der Waals surface area (Å²) >= 11 is 0. The molecule has 0 saturated carbocycles. The molecule has 4 nitrogen and oxygen atoms in total. The van der Waals surface area contributed by atoms with Gasteiger partial charge in [0.15, 0.2) is 0 Å². The molecule has 24 heavy (non-hydrogen) atoms. The molecule has 0 aliphatic carbocycles. The van der Waals surface area contributed by atoms with E-state index < -0.39 is 0 Å². The van der Waals surface area contributed by atoms with Gasteiger partial charge in [0.1, 0.15) is 0 Å². The van der Waals surface area contributed by atoms with Crippen molar-refractivity contribution in [1.82, 2.24) is 5.32 Å². The smallest absolute Gasteiger partial charge is 0.253 e. The molecule has 2 atom stereocenters. The third kappa shape index (κ3) is 4.44. The van der Waals surface area contributed by atoms with Gasteiger partial charge in [-0.1, -0.05) is 56.3 Å². The van der Waals surface area contributed by atoms with Crippen LogP contribution in [0.5, 0.6) is 0 Å². The molecule has 0 aliphatic rings. The zero-order valence-corrected chi connectivity index (χ0v) is 14.4. The van der Waals surface area contributed by atoms with Gasteiger partial charge in [0.2, 0.25) is 5.91 Å². The number of amides is 2. The Kier molecular flexibility index (Phi) is 6.13. The van der Waals surface area contributed by atoms with Gasteiger partial charge >= 0.3 is 0 Å². The highest BCUT2D eigenvalue weighted by Crippen LogP contribution is 2.19. The number of benzene rings is 2. The maximum atomic E-state index is 12.6. The van der Waals surface area contributed by atoms with E-state index in [0.29, 0.717) is 11.3 Å². The Hall–Kier alpha value is -2.62. The highest BCUT2D eigenvalue weighted by molar-refractivity contribution is 6.04. The van der Waals surface area contributed by atoms with Crippen LogP contribution in [0.3, 0.4) is 0 Å². The van der Waals surface area contributed by atoms with Gasteiger partial charge in [0.05, 0.1) is 17.3 Å². The van der Waals surface area contributed by atoms with E-state index >= 15 is 0 Å². The molecule has 0 radical (unpaired) electrons. The fraction of sp³-hybridized carbons (Fsp3) is 0.300. The molecule has 2 aromatic carbocycles. The van der Waals surface area contributed by atoms with Crippen molar-refractivity contribution in [2.75, 3.05) is 5.32 Å². The Morgan fingerprint density at radius 3 is 2.25 bits per heavy atom. The van der Waals surface area contributed by atoms with Gasteiger partial charge in [-0.15, -0.1) is 0 Å². The predicted molar refractivity (Wildman–Crippen MR) is 96.8 cm³/mol. The number of hydrogen-bond donors (Lipinski definition) is 2. The molecule has 2 rings (SSSR count). The van der Waals surface area contributed by atoms with Crippen LogP contribution in [0.1, 0.15) is 49.2 Å². The second kappa shape index (κ2) is 8.29. The summed E-state index contributed by atoms with van der Waals surface area (Å²) in [4.78, 5) is 24.7. The van der Waals surface area contributed by atoms with Crippen LogP contribution >= 0.6 is 0 Å². The third-order valence-electron chi connectivity index (χ3n) is 4.14. The Bertz CT molecular complexity index is 698. The molecule has 0 aromatic heterocycles. The number of anilines is 1. The molecule has 2 aromatic rings. The summed E-state index contributed by atoms with van der Waals surface area (Å²) in [5.74, 6) is -0.371. The highest BCUT2D eigenvalue weighted by Gasteiger charge is 2.17. The first-order valence-electron chi connectivity index (χ1n) is 8.28. The fourth-order valence-corrected chi connectivity index (χ4v) is 2.33. The van der Waals surface area contributed by atoms with Crippen LogP contribution in [0.15, 0.2) is 54.6 Å². The number of para-hydroxylation sites is 1. The van der Waals surface area contributed by atoms with Gasteiger partial charge in [0, 0.05) is 5.92 Å². The van der Waals surface area contributed by atoms with Crippen LogP contribution in [-0.4, -0.2) is 11.8 Å². The summed E-state index contributed by atoms with van der Waals surface area (Å²) in [6.07, 6.45) is 0.755. The van der Waals surface area contributed by atoms with Crippen molar-refractivity contribution >= 4 is 17.5 Å². The van der Waals surface area contributed by atoms with Crippen molar-refractivity contribution in [1.29, 1.82) is 0 Å². The zero-order valence-electron chi connectivity index (χ0n) is 14.4. The molecule has 2 N–H and O–H groups in total. The molecule has 0 saturated heterocycles. The number of rotatable bonds is 6. The molecule has 0 spiro atoms. The summed E-state index contributed by atoms with van der Waals surface area (Å²) in [7, 11) is 0. The van der Waals surface area contributed by atoms with Crippen LogP contribution in [-0.2, 0) is 4.79 Å². The Morgan fingerprint density at radius 2 is 1.58 bits per heavy atom. The van der Waals surface area contributed by atoms with E-state index in [4.69, 9.17) is 0 Å². The summed E-state index contributed by atoms with van der Waals surface area (Å²) in [6.45, 7) is 5.77. The first kappa shape index (κ1) is 17.7. The number of carbonyl (C=O) groups excluding carboxylic acids is 2. The second-order valence-electron chi connectivity index (χ2n) is 5.95. The number of nitrogens with one attached hydrogen (secondary N) is 2. The topological polar surface area (TPSA) is 58.2 Å². The van der Waals surface area contributed by atoms with Gasteiger partial charge in [-0.3, -0.25) is 9.59 Å². The van der Waals surface area contributed by atoms with Crippen LogP contribution < -0.4 is 10.6 Å². The Labute approximate surface area is 143 Å². The summed E-state index contributed by atoms with van der Waals surface area (Å²) in [6, 6.07) is 16.7. The summed E-state index contributed by atoms with van der Waals surface area (Å²) in [5.41, 5.74) is 2.05. The lowest BCUT2D eigenvalue weighted by Crippen LogP contribution is -2.28. The first-order chi connectivity index (χ1) is 11.5. The molecule has 0 unspecified atom stereocenters. The lowest BCUT2D eigenvalue weighted by molar-refractivity contribution is -0.119. The van der Waals surface area contributed by atoms with E-state index in [1.807, 2.05) is 57.2 Å². The van der Waals surface area contributed by atoms with Crippen molar-refractivity contribution in [2.24, 2.45) is 5.92 Å². The molecule has 0 bridgehead atoms. The van der Waals surface area contributed by atoms with E-state index in [9.17, 15) is 9.59 Å². The average Bonchev–Trinajstić information content (AvgIpc) is 2.62. The standard InChI is InChI=1S/C20H24N2O2/c1-4-14(2)19(23)22-18-13-9-8-12-17(18)20(24)21-15(3)16-10-6-5-7-11-16/h5-15H,4H2,1-3H3,(H,21,24)(H,22,23)/t14-,15-/m1/s1. The summed E-state index contributed by atoms with van der Waals surface area (Å²) < 4.78 is 0. The van der Waals surface area contributed by atoms with E-state index in [1.165, 1.54) is 0 Å². The predicted octanol–water partition coefficient (Wildman–Crippen LogP) is 4.16. The SMILES string of the molecule is CC[C@@H](C)C(=O)Nc1ccccc1C(=O)N[C@H](C)c1ccccc1. The lowest BCUT2D eigenvalue weighted by atomic mass is 10.1. The average molecular weight is 324 g/mol. The van der Waals surface area contributed by atoms with Crippen molar-refractivity contribution < 1.29 is 9.59 Å². The quantitative estimate of drug-likeness (QED) is 0.838. The molecular formula is C20H24N2O2. The van der Waals surface area contributed by atoms with E-state index in [1.54, 1.807) is 18.2 Å². The third-order valence-corrected chi connectivity index (χ3v) is 4.14. The normalized spacial score (nSPS) is 13.0. The molecule has 0 heterocycles. The van der Waals surface area contributed by atoms with Gasteiger partial charge < -0.3 is 10.6 Å². The van der Waals surface area contributed by atoms with Crippen LogP contribution in [0.25, 0.3) is 0 Å². The molecule has 0 aliphatic heterocycles. The minimum atomic E-state index is -0.202. The van der Waals surface area contributed by atoms with Crippen molar-refractivity contribution in [3.05, 3.63) is 65.7 Å². The molecule has 0 fully saturated rings. The van der Waals surface area contributed by atoms with Gasteiger partial charge in [-0.25, -0.2) is 0 Å². The molecule has 126 valence electrons. The number of carbonyl (C=O) groups is 2. The highest BCUT2D eigenvalue weighted by atomic mass is 16.2. The van der Waals surface area contributed by atoms with Crippen molar-refractivity contribution in [3.63, 3.8) is 0 Å². The Morgan fingerprint density at radius 1 is 0.958 bits per heavy atom. The first-order valence-corrected chi connectivity index (χ1v) is 8.28. The van der Waals surface area contributed by atoms with Gasteiger partial charge in [0.25, 0.3) is 5.91 Å². The Balaban J connectivity index is 2.13. The second-order valence-corrected chi connectivity index (χ2v) is 5.95. The number of hydrogen-bond acceptors (Lipinski definition) is 2. The molecule has 2 amide bonds. The van der Waals surface area contributed by atoms with E-state index in [2.05, 4.69) is 10.6 Å². The lowest BCUT2D eigenvalue weighted by Gasteiger charge is -2.17. The monoisotopic (exact) mass is 324 g/mol. The van der Waals surface area contributed by atoms with Gasteiger partial charge in [-0.2, -0.15) is 0 Å². The van der Waals surface area contributed by atoms with Crippen molar-refractivity contribution in [3.8, 4) is 0 Å². The maximum absolute atomic E-state index is 12.6. The van der Waals surface area contributed by atoms with Crippen molar-refractivity contribution in [2.45, 2.75) is 33.2 Å². The van der Waals surface area contributed by atoms with Gasteiger partial charge in [-0.05, 0) is 31.0 Å². The van der Waals surface area contributed by atoms with E-state index in [0.717, 1.165) is 12.0 Å². The zero-order chi connectivity index (χ0) is 17.5. The largest absolute Gasteiger partial charge is 0.345 e. The molecule has 4 heteroatoms. The molecular weight excluding hydrogens is 300 g/mol. The minimum absolute atomic E-state index is 0.0751. The van der Waals surface area contributed by atoms with Crippen LogP contribution in [0, 0.1) is 5.92 Å². The van der Waals surface area contributed by atoms with E-state index in [-0.39, 0.29) is 23.8 Å². The summed E-state index contributed by atoms with van der Waals surface area (Å²) in [5, 5.41) is 5.83. The minimum Gasteiger partial charge on any atom is -0.345 e.